The van der Waals surface area contributed by atoms with Crippen LogP contribution in [-0.2, 0) is 9.53 Å². The fourth-order valence-corrected chi connectivity index (χ4v) is 3.85. The Bertz CT molecular complexity index is 1030. The molecule has 150 valence electrons. The van der Waals surface area contributed by atoms with E-state index in [1.807, 2.05) is 36.6 Å². The fourth-order valence-electron chi connectivity index (χ4n) is 2.71. The van der Waals surface area contributed by atoms with Gasteiger partial charge >= 0.3 is 5.97 Å². The molecule has 0 aliphatic rings. The maximum atomic E-state index is 12.6. The first kappa shape index (κ1) is 20.9. The van der Waals surface area contributed by atoms with Crippen LogP contribution < -0.4 is 10.1 Å². The second kappa shape index (κ2) is 9.11. The average molecular weight is 430 g/mol. The minimum atomic E-state index is -0.788. The summed E-state index contributed by atoms with van der Waals surface area (Å²) in [6, 6.07) is 14.6. The molecule has 1 unspecified atom stereocenters. The molecule has 29 heavy (non-hydrogen) atoms. The van der Waals surface area contributed by atoms with E-state index in [2.05, 4.69) is 5.32 Å². The van der Waals surface area contributed by atoms with E-state index >= 15 is 0 Å². The van der Waals surface area contributed by atoms with E-state index in [0.717, 1.165) is 11.1 Å². The standard InChI is InChI=1S/C22H20ClNO4S/c1-13-7-9-15(10-8-13)18-12-29-21(19(18)22(26)27-3)24-20(25)14(2)28-17-6-4-5-16(23)11-17/h4-12,14H,1-3H3,(H,24,25). The molecule has 5 nitrogen and oxygen atoms in total. The number of anilines is 1. The van der Waals surface area contributed by atoms with E-state index in [4.69, 9.17) is 21.1 Å². The number of esters is 1. The number of nitrogens with one attached hydrogen (secondary N) is 1. The molecule has 7 heteroatoms. The quantitative estimate of drug-likeness (QED) is 0.520. The van der Waals surface area contributed by atoms with E-state index in [9.17, 15) is 9.59 Å². The van der Waals surface area contributed by atoms with E-state index in [0.29, 0.717) is 26.9 Å². The minimum Gasteiger partial charge on any atom is -0.481 e. The average Bonchev–Trinajstić information content (AvgIpc) is 3.11. The third kappa shape index (κ3) is 4.96. The number of hydrogen-bond donors (Lipinski definition) is 1. The van der Waals surface area contributed by atoms with E-state index < -0.39 is 12.1 Å². The molecule has 0 aliphatic carbocycles. The Morgan fingerprint density at radius 3 is 2.52 bits per heavy atom. The maximum absolute atomic E-state index is 12.6. The number of thiophene rings is 1. The number of aryl methyl sites for hydroxylation is 1. The van der Waals surface area contributed by atoms with Crippen molar-refractivity contribution in [3.8, 4) is 16.9 Å². The number of benzene rings is 2. The number of ether oxygens (including phenoxy) is 2. The lowest BCUT2D eigenvalue weighted by atomic mass is 10.0. The molecule has 0 saturated carbocycles. The van der Waals surface area contributed by atoms with Gasteiger partial charge in [0, 0.05) is 16.0 Å². The number of amides is 1. The lowest BCUT2D eigenvalue weighted by molar-refractivity contribution is -0.122. The fraction of sp³-hybridized carbons (Fsp3) is 0.182. The molecule has 0 fully saturated rings. The van der Waals surface area contributed by atoms with Crippen LogP contribution in [0.3, 0.4) is 0 Å². The molecule has 0 aliphatic heterocycles. The molecule has 1 atom stereocenters. The van der Waals surface area contributed by atoms with Gasteiger partial charge in [0.05, 0.1) is 7.11 Å². The highest BCUT2D eigenvalue weighted by atomic mass is 35.5. The van der Waals surface area contributed by atoms with Gasteiger partial charge in [-0.25, -0.2) is 4.79 Å². The van der Waals surface area contributed by atoms with Crippen LogP contribution >= 0.6 is 22.9 Å². The SMILES string of the molecule is COC(=O)c1c(-c2ccc(C)cc2)csc1NC(=O)C(C)Oc1cccc(Cl)c1. The Balaban J connectivity index is 1.83. The molecule has 1 N–H and O–H groups in total. The molecule has 1 heterocycles. The van der Waals surface area contributed by atoms with Gasteiger partial charge < -0.3 is 14.8 Å². The van der Waals surface area contributed by atoms with Gasteiger partial charge in [0.1, 0.15) is 16.3 Å². The number of methoxy groups -OCH3 is 1. The number of rotatable bonds is 6. The van der Waals surface area contributed by atoms with Crippen LogP contribution in [0, 0.1) is 6.92 Å². The zero-order chi connectivity index (χ0) is 21.0. The van der Waals surface area contributed by atoms with Crippen LogP contribution in [0.5, 0.6) is 5.75 Å². The zero-order valence-electron chi connectivity index (χ0n) is 16.2. The highest BCUT2D eigenvalue weighted by Gasteiger charge is 2.24. The van der Waals surface area contributed by atoms with E-state index in [1.54, 1.807) is 31.2 Å². The topological polar surface area (TPSA) is 64.6 Å². The van der Waals surface area contributed by atoms with Crippen molar-refractivity contribution in [2.24, 2.45) is 0 Å². The first-order valence-corrected chi connectivity index (χ1v) is 10.1. The Morgan fingerprint density at radius 2 is 1.86 bits per heavy atom. The molecule has 1 amide bonds. The number of hydrogen-bond acceptors (Lipinski definition) is 5. The minimum absolute atomic E-state index is 0.324. The summed E-state index contributed by atoms with van der Waals surface area (Å²) in [5.74, 6) is -0.409. The number of carbonyl (C=O) groups excluding carboxylic acids is 2. The van der Waals surface area contributed by atoms with Gasteiger partial charge in [0.15, 0.2) is 6.10 Å². The Morgan fingerprint density at radius 1 is 1.14 bits per heavy atom. The first-order chi connectivity index (χ1) is 13.9. The van der Waals surface area contributed by atoms with Gasteiger partial charge in [-0.05, 0) is 37.6 Å². The summed E-state index contributed by atoms with van der Waals surface area (Å²) in [6.07, 6.45) is -0.788. The van der Waals surface area contributed by atoms with Crippen LogP contribution in [0.15, 0.2) is 53.9 Å². The maximum Gasteiger partial charge on any atom is 0.341 e. The molecule has 2 aromatic carbocycles. The summed E-state index contributed by atoms with van der Waals surface area (Å²) >= 11 is 7.21. The monoisotopic (exact) mass is 429 g/mol. The Labute approximate surface area is 178 Å². The summed E-state index contributed by atoms with van der Waals surface area (Å²) in [7, 11) is 1.31. The zero-order valence-corrected chi connectivity index (χ0v) is 17.8. The van der Waals surface area contributed by atoms with Crippen molar-refractivity contribution in [3.63, 3.8) is 0 Å². The van der Waals surface area contributed by atoms with Crippen molar-refractivity contribution in [2.75, 3.05) is 12.4 Å². The highest BCUT2D eigenvalue weighted by molar-refractivity contribution is 7.15. The first-order valence-electron chi connectivity index (χ1n) is 8.89. The molecule has 0 saturated heterocycles. The van der Waals surface area contributed by atoms with Crippen LogP contribution in [0.25, 0.3) is 11.1 Å². The molecular weight excluding hydrogens is 410 g/mol. The number of carbonyl (C=O) groups is 2. The van der Waals surface area contributed by atoms with Gasteiger partial charge in [-0.1, -0.05) is 47.5 Å². The van der Waals surface area contributed by atoms with Crippen molar-refractivity contribution in [2.45, 2.75) is 20.0 Å². The normalized spacial score (nSPS) is 11.6. The summed E-state index contributed by atoms with van der Waals surface area (Å²) in [4.78, 5) is 25.1. The smallest absolute Gasteiger partial charge is 0.341 e. The second-order valence-electron chi connectivity index (χ2n) is 6.42. The lowest BCUT2D eigenvalue weighted by Gasteiger charge is -2.15. The molecule has 0 bridgehead atoms. The molecule has 3 aromatic rings. The summed E-state index contributed by atoms with van der Waals surface area (Å²) < 4.78 is 10.6. The molecule has 0 radical (unpaired) electrons. The van der Waals surface area contributed by atoms with Gasteiger partial charge in [-0.2, -0.15) is 0 Å². The van der Waals surface area contributed by atoms with Crippen LogP contribution in [0.1, 0.15) is 22.8 Å². The van der Waals surface area contributed by atoms with Gasteiger partial charge in [-0.15, -0.1) is 11.3 Å². The van der Waals surface area contributed by atoms with E-state index in [-0.39, 0.29) is 5.91 Å². The van der Waals surface area contributed by atoms with Crippen LogP contribution in [0.4, 0.5) is 5.00 Å². The summed E-state index contributed by atoms with van der Waals surface area (Å²) in [5, 5.41) is 5.54. The molecule has 3 rings (SSSR count). The summed E-state index contributed by atoms with van der Waals surface area (Å²) in [6.45, 7) is 3.62. The largest absolute Gasteiger partial charge is 0.481 e. The molecular formula is C22H20ClNO4S. The third-order valence-corrected chi connectivity index (χ3v) is 5.39. The molecule has 0 spiro atoms. The number of halogens is 1. The lowest BCUT2D eigenvalue weighted by Crippen LogP contribution is -2.30. The van der Waals surface area contributed by atoms with Crippen molar-refractivity contribution >= 4 is 39.8 Å². The molecule has 1 aromatic heterocycles. The third-order valence-electron chi connectivity index (χ3n) is 4.26. The van der Waals surface area contributed by atoms with Crippen LogP contribution in [-0.4, -0.2) is 25.1 Å². The van der Waals surface area contributed by atoms with Crippen LogP contribution in [0.2, 0.25) is 5.02 Å². The predicted octanol–water partition coefficient (Wildman–Crippen LogP) is 5.57. The summed E-state index contributed by atoms with van der Waals surface area (Å²) in [5.41, 5.74) is 3.02. The van der Waals surface area contributed by atoms with Crippen molar-refractivity contribution < 1.29 is 19.1 Å². The van der Waals surface area contributed by atoms with Gasteiger partial charge in [0.2, 0.25) is 0 Å². The van der Waals surface area contributed by atoms with Gasteiger partial charge in [0.25, 0.3) is 5.91 Å². The van der Waals surface area contributed by atoms with Crippen molar-refractivity contribution in [1.82, 2.24) is 0 Å². The predicted molar refractivity (Wildman–Crippen MR) is 116 cm³/mol. The van der Waals surface area contributed by atoms with Crippen molar-refractivity contribution in [3.05, 3.63) is 70.1 Å². The second-order valence-corrected chi connectivity index (χ2v) is 7.73. The highest BCUT2D eigenvalue weighted by Crippen LogP contribution is 2.36. The Hall–Kier alpha value is -2.83. The van der Waals surface area contributed by atoms with E-state index in [1.165, 1.54) is 18.4 Å². The van der Waals surface area contributed by atoms with Gasteiger partial charge in [-0.3, -0.25) is 4.79 Å². The van der Waals surface area contributed by atoms with Crippen molar-refractivity contribution in [1.29, 1.82) is 0 Å². The Kier molecular flexibility index (Phi) is 6.56.